The van der Waals surface area contributed by atoms with Crippen LogP contribution in [0, 0.1) is 0 Å². The van der Waals surface area contributed by atoms with E-state index >= 15 is 0 Å². The molecule has 0 bridgehead atoms. The average Bonchev–Trinajstić information content (AvgIpc) is 2.77. The first kappa shape index (κ1) is 19.8. The van der Waals surface area contributed by atoms with Crippen molar-refractivity contribution in [2.45, 2.75) is 6.92 Å². The van der Waals surface area contributed by atoms with Gasteiger partial charge in [0.2, 0.25) is 0 Å². The lowest BCUT2D eigenvalue weighted by Crippen LogP contribution is -2.09. The van der Waals surface area contributed by atoms with Gasteiger partial charge in [0.15, 0.2) is 0 Å². The van der Waals surface area contributed by atoms with Gasteiger partial charge in [0, 0.05) is 22.3 Å². The number of carbonyl (C=O) groups is 1. The minimum Gasteiger partial charge on any atom is -0.503 e. The second-order valence-electron chi connectivity index (χ2n) is 6.14. The Hall–Kier alpha value is -4.00. The molecule has 0 saturated carbocycles. The highest BCUT2D eigenvalue weighted by atomic mass is 16.5. The Morgan fingerprint density at radius 1 is 1.07 bits per heavy atom. The van der Waals surface area contributed by atoms with Crippen molar-refractivity contribution in [1.29, 1.82) is 0 Å². The topological polar surface area (TPSA) is 105 Å². The Kier molecular flexibility index (Phi) is 5.99. The monoisotopic (exact) mass is 389 g/mol. The number of nitrogens with zero attached hydrogens (tertiary/aromatic N) is 3. The largest absolute Gasteiger partial charge is 0.503 e. The molecule has 0 saturated heterocycles. The van der Waals surface area contributed by atoms with Crippen molar-refractivity contribution in [2.24, 2.45) is 5.16 Å². The van der Waals surface area contributed by atoms with E-state index in [4.69, 9.17) is 4.74 Å². The number of benzene rings is 2. The van der Waals surface area contributed by atoms with Gasteiger partial charge in [-0.1, -0.05) is 53.7 Å². The molecule has 1 aromatic heterocycles. The fourth-order valence-electron chi connectivity index (χ4n) is 3.05. The highest BCUT2D eigenvalue weighted by Gasteiger charge is 2.21. The normalized spacial score (nSPS) is 11.9. The second kappa shape index (κ2) is 8.79. The van der Waals surface area contributed by atoms with Crippen molar-refractivity contribution in [2.75, 3.05) is 7.11 Å². The lowest BCUT2D eigenvalue weighted by atomic mass is 9.91. The molecule has 146 valence electrons. The molecule has 0 radical (unpaired) electrons. The molecule has 7 heteroatoms. The molecule has 0 spiro atoms. The molecule has 0 aliphatic carbocycles. The van der Waals surface area contributed by atoms with E-state index in [1.807, 2.05) is 36.4 Å². The van der Waals surface area contributed by atoms with E-state index in [9.17, 15) is 15.1 Å². The lowest BCUT2D eigenvalue weighted by Gasteiger charge is -2.15. The summed E-state index contributed by atoms with van der Waals surface area (Å²) in [6, 6.07) is 16.6. The van der Waals surface area contributed by atoms with Gasteiger partial charge in [-0.2, -0.15) is 0 Å². The summed E-state index contributed by atoms with van der Waals surface area (Å²) < 4.78 is 4.94. The van der Waals surface area contributed by atoms with Crippen LogP contribution in [0.5, 0.6) is 0 Å². The SMILES string of the molecule is COC=C(C(=O)O)c1cccc(-c2cc(-c3ccccc3)ncn2)c1C(C)=NO. The predicted molar refractivity (Wildman–Crippen MR) is 110 cm³/mol. The van der Waals surface area contributed by atoms with Crippen molar-refractivity contribution in [3.63, 3.8) is 0 Å². The van der Waals surface area contributed by atoms with E-state index in [0.29, 0.717) is 22.4 Å². The van der Waals surface area contributed by atoms with Crippen LogP contribution < -0.4 is 0 Å². The molecule has 29 heavy (non-hydrogen) atoms. The summed E-state index contributed by atoms with van der Waals surface area (Å²) in [4.78, 5) is 20.5. The fourth-order valence-corrected chi connectivity index (χ4v) is 3.05. The number of hydrogen-bond acceptors (Lipinski definition) is 6. The first-order valence-electron chi connectivity index (χ1n) is 8.73. The van der Waals surface area contributed by atoms with E-state index in [2.05, 4.69) is 15.1 Å². The Bertz CT molecular complexity index is 1090. The molecular weight excluding hydrogens is 370 g/mol. The van der Waals surface area contributed by atoms with Crippen LogP contribution in [0.3, 0.4) is 0 Å². The fraction of sp³-hybridized carbons (Fsp3) is 0.0909. The number of carboxylic acids is 1. The molecule has 0 aliphatic heterocycles. The molecule has 2 N–H and O–H groups in total. The quantitative estimate of drug-likeness (QED) is 0.216. The maximum Gasteiger partial charge on any atom is 0.339 e. The van der Waals surface area contributed by atoms with Gasteiger partial charge in [-0.3, -0.25) is 0 Å². The molecule has 3 rings (SSSR count). The predicted octanol–water partition coefficient (Wildman–Crippen LogP) is 4.08. The number of hydrogen-bond donors (Lipinski definition) is 2. The summed E-state index contributed by atoms with van der Waals surface area (Å²) in [7, 11) is 1.37. The highest BCUT2D eigenvalue weighted by Crippen LogP contribution is 2.31. The lowest BCUT2D eigenvalue weighted by molar-refractivity contribution is -0.130. The number of rotatable bonds is 6. The third-order valence-electron chi connectivity index (χ3n) is 4.35. The number of ether oxygens (including phenoxy) is 1. The Balaban J connectivity index is 2.25. The number of carboxylic acid groups (broad SMARTS) is 1. The van der Waals surface area contributed by atoms with Gasteiger partial charge < -0.3 is 15.1 Å². The molecule has 0 atom stereocenters. The van der Waals surface area contributed by atoms with Crippen LogP contribution in [0.25, 0.3) is 28.1 Å². The van der Waals surface area contributed by atoms with Crippen LogP contribution >= 0.6 is 0 Å². The van der Waals surface area contributed by atoms with Crippen LogP contribution in [-0.4, -0.2) is 39.1 Å². The van der Waals surface area contributed by atoms with Crippen LogP contribution in [-0.2, 0) is 9.53 Å². The van der Waals surface area contributed by atoms with Crippen LogP contribution in [0.1, 0.15) is 18.1 Å². The van der Waals surface area contributed by atoms with E-state index in [1.54, 1.807) is 25.1 Å². The van der Waals surface area contributed by atoms with Gasteiger partial charge >= 0.3 is 5.97 Å². The minimum absolute atomic E-state index is 0.0651. The van der Waals surface area contributed by atoms with Crippen molar-refractivity contribution >= 4 is 17.3 Å². The van der Waals surface area contributed by atoms with Crippen molar-refractivity contribution < 1.29 is 19.8 Å². The number of methoxy groups -OCH3 is 1. The molecule has 0 fully saturated rings. The molecule has 0 amide bonds. The van der Waals surface area contributed by atoms with Crippen LogP contribution in [0.4, 0.5) is 0 Å². The van der Waals surface area contributed by atoms with E-state index in [0.717, 1.165) is 17.5 Å². The molecule has 7 nitrogen and oxygen atoms in total. The molecular formula is C22H19N3O4. The van der Waals surface area contributed by atoms with E-state index < -0.39 is 5.97 Å². The first-order valence-corrected chi connectivity index (χ1v) is 8.73. The highest BCUT2D eigenvalue weighted by molar-refractivity contribution is 6.20. The van der Waals surface area contributed by atoms with Crippen LogP contribution in [0.2, 0.25) is 0 Å². The molecule has 0 unspecified atom stereocenters. The summed E-state index contributed by atoms with van der Waals surface area (Å²) in [5.74, 6) is -1.16. The summed E-state index contributed by atoms with van der Waals surface area (Å²) in [5.41, 5.74) is 3.80. The summed E-state index contributed by atoms with van der Waals surface area (Å²) >= 11 is 0. The zero-order valence-electron chi connectivity index (χ0n) is 15.9. The molecule has 2 aromatic carbocycles. The van der Waals surface area contributed by atoms with Gasteiger partial charge in [0.05, 0.1) is 30.5 Å². The third kappa shape index (κ3) is 4.14. The summed E-state index contributed by atoms with van der Waals surface area (Å²) in [5, 5.41) is 22.3. The maximum atomic E-state index is 11.8. The molecule has 3 aromatic rings. The van der Waals surface area contributed by atoms with Crippen molar-refractivity contribution in [3.05, 3.63) is 78.3 Å². The summed E-state index contributed by atoms with van der Waals surface area (Å²) in [6.07, 6.45) is 2.59. The van der Waals surface area contributed by atoms with Crippen LogP contribution in [0.15, 0.2) is 72.3 Å². The smallest absolute Gasteiger partial charge is 0.339 e. The Morgan fingerprint density at radius 3 is 2.45 bits per heavy atom. The number of aliphatic carboxylic acids is 1. The van der Waals surface area contributed by atoms with E-state index in [-0.39, 0.29) is 11.3 Å². The standard InChI is InChI=1S/C22H19N3O4/c1-14(25-28)21-16(18(12-29-2)22(26)27)9-6-10-17(21)20-11-19(23-13-24-20)15-7-4-3-5-8-15/h3-13,28H,1-2H3,(H,26,27). The maximum absolute atomic E-state index is 11.8. The minimum atomic E-state index is -1.16. The summed E-state index contributed by atoms with van der Waals surface area (Å²) in [6.45, 7) is 1.59. The zero-order chi connectivity index (χ0) is 20.8. The Labute approximate surface area is 167 Å². The molecule has 1 heterocycles. The first-order chi connectivity index (χ1) is 14.1. The van der Waals surface area contributed by atoms with Crippen molar-refractivity contribution in [3.8, 4) is 22.5 Å². The van der Waals surface area contributed by atoms with Gasteiger partial charge in [-0.05, 0) is 13.0 Å². The zero-order valence-corrected chi connectivity index (χ0v) is 15.9. The Morgan fingerprint density at radius 2 is 1.79 bits per heavy atom. The third-order valence-corrected chi connectivity index (χ3v) is 4.35. The van der Waals surface area contributed by atoms with Crippen molar-refractivity contribution in [1.82, 2.24) is 9.97 Å². The van der Waals surface area contributed by atoms with Gasteiger partial charge in [0.1, 0.15) is 11.9 Å². The number of oxime groups is 1. The van der Waals surface area contributed by atoms with E-state index in [1.165, 1.54) is 13.4 Å². The van der Waals surface area contributed by atoms with Gasteiger partial charge in [-0.25, -0.2) is 14.8 Å². The second-order valence-corrected chi connectivity index (χ2v) is 6.14. The van der Waals surface area contributed by atoms with Gasteiger partial charge in [-0.15, -0.1) is 0 Å². The molecule has 0 aliphatic rings. The van der Waals surface area contributed by atoms with Gasteiger partial charge in [0.25, 0.3) is 0 Å². The average molecular weight is 389 g/mol. The number of aromatic nitrogens is 2.